The summed E-state index contributed by atoms with van der Waals surface area (Å²) in [6, 6.07) is 15.5. The Morgan fingerprint density at radius 3 is 2.50 bits per heavy atom. The molecule has 0 heterocycles. The Labute approximate surface area is 107 Å². The summed E-state index contributed by atoms with van der Waals surface area (Å²) in [4.78, 5) is 11.3. The van der Waals surface area contributed by atoms with E-state index in [0.29, 0.717) is 5.75 Å². The minimum absolute atomic E-state index is 0.446. The quantitative estimate of drug-likeness (QED) is 0.462. The van der Waals surface area contributed by atoms with E-state index >= 15 is 0 Å². The molecule has 0 atom stereocenters. The number of carbonyl (C=O) groups excluding carboxylic acids is 1. The predicted molar refractivity (Wildman–Crippen MR) is 72.4 cm³/mol. The number of ether oxygens (including phenoxy) is 1. The third kappa shape index (κ3) is 2.48. The van der Waals surface area contributed by atoms with E-state index in [1.54, 1.807) is 6.07 Å². The third-order valence-corrected chi connectivity index (χ3v) is 2.67. The number of esters is 1. The molecule has 2 heteroatoms. The molecule has 0 amide bonds. The van der Waals surface area contributed by atoms with Crippen molar-refractivity contribution < 1.29 is 9.53 Å². The molecular formula is C16H14O2. The molecule has 0 saturated carbocycles. The van der Waals surface area contributed by atoms with E-state index in [9.17, 15) is 4.79 Å². The highest BCUT2D eigenvalue weighted by atomic mass is 16.5. The van der Waals surface area contributed by atoms with Gasteiger partial charge in [-0.1, -0.05) is 49.0 Å². The molecule has 0 N–H and O–H groups in total. The minimum atomic E-state index is -0.446. The van der Waals surface area contributed by atoms with Crippen LogP contribution in [0.1, 0.15) is 5.56 Å². The number of rotatable bonds is 3. The maximum atomic E-state index is 11.3. The lowest BCUT2D eigenvalue weighted by atomic mass is 9.99. The Balaban J connectivity index is 2.51. The fourth-order valence-electron chi connectivity index (χ4n) is 1.85. The van der Waals surface area contributed by atoms with E-state index < -0.39 is 5.97 Å². The predicted octanol–water partition coefficient (Wildman–Crippen LogP) is 3.75. The molecule has 0 spiro atoms. The van der Waals surface area contributed by atoms with Gasteiger partial charge < -0.3 is 4.74 Å². The maximum Gasteiger partial charge on any atom is 0.335 e. The van der Waals surface area contributed by atoms with Crippen molar-refractivity contribution in [3.63, 3.8) is 0 Å². The second-order valence-electron chi connectivity index (χ2n) is 3.94. The smallest absolute Gasteiger partial charge is 0.335 e. The molecule has 0 aliphatic rings. The van der Waals surface area contributed by atoms with Gasteiger partial charge in [0.05, 0.1) is 0 Å². The standard InChI is InChI=1S/C16H14O2/c1-3-15(17)18-14-11-7-8-12(2)16(14)13-9-5-4-6-10-13/h3-11H,1H2,2H3. The van der Waals surface area contributed by atoms with Crippen LogP contribution in [-0.4, -0.2) is 5.97 Å². The molecule has 0 aromatic heterocycles. The van der Waals surface area contributed by atoms with E-state index in [1.165, 1.54) is 0 Å². The minimum Gasteiger partial charge on any atom is -0.423 e. The van der Waals surface area contributed by atoms with Crippen LogP contribution >= 0.6 is 0 Å². The first-order valence-electron chi connectivity index (χ1n) is 5.71. The molecule has 0 unspecified atom stereocenters. The first kappa shape index (κ1) is 12.1. The van der Waals surface area contributed by atoms with Gasteiger partial charge in [0.1, 0.15) is 5.75 Å². The van der Waals surface area contributed by atoms with Gasteiger partial charge in [-0.15, -0.1) is 0 Å². The van der Waals surface area contributed by atoms with Gasteiger partial charge in [-0.25, -0.2) is 4.79 Å². The number of benzene rings is 2. The highest BCUT2D eigenvalue weighted by Crippen LogP contribution is 2.33. The molecule has 2 aromatic rings. The maximum absolute atomic E-state index is 11.3. The molecule has 0 radical (unpaired) electrons. The molecule has 0 saturated heterocycles. The number of carbonyl (C=O) groups is 1. The van der Waals surface area contributed by atoms with Crippen molar-refractivity contribution in [1.29, 1.82) is 0 Å². The van der Waals surface area contributed by atoms with Gasteiger partial charge in [0.15, 0.2) is 0 Å². The van der Waals surface area contributed by atoms with Crippen LogP contribution in [-0.2, 0) is 4.79 Å². The summed E-state index contributed by atoms with van der Waals surface area (Å²) in [7, 11) is 0. The van der Waals surface area contributed by atoms with Gasteiger partial charge in [0.25, 0.3) is 0 Å². The van der Waals surface area contributed by atoms with Crippen LogP contribution in [0.5, 0.6) is 5.75 Å². The average Bonchev–Trinajstić information content (AvgIpc) is 2.40. The van der Waals surface area contributed by atoms with Crippen LogP contribution in [0.15, 0.2) is 61.2 Å². The van der Waals surface area contributed by atoms with Crippen LogP contribution in [0.25, 0.3) is 11.1 Å². The third-order valence-electron chi connectivity index (χ3n) is 2.67. The van der Waals surface area contributed by atoms with Crippen molar-refractivity contribution in [3.8, 4) is 16.9 Å². The number of hydrogen-bond donors (Lipinski definition) is 0. The summed E-state index contributed by atoms with van der Waals surface area (Å²) < 4.78 is 5.27. The Bertz CT molecular complexity index is 571. The lowest BCUT2D eigenvalue weighted by molar-refractivity contribution is -0.128. The second kappa shape index (κ2) is 5.32. The summed E-state index contributed by atoms with van der Waals surface area (Å²) in [5.41, 5.74) is 3.03. The van der Waals surface area contributed by atoms with E-state index in [1.807, 2.05) is 49.4 Å². The summed E-state index contributed by atoms with van der Waals surface area (Å²) in [5.74, 6) is 0.115. The normalized spacial score (nSPS) is 9.83. The number of aryl methyl sites for hydroxylation is 1. The van der Waals surface area contributed by atoms with Gasteiger partial charge in [-0.3, -0.25) is 0 Å². The zero-order chi connectivity index (χ0) is 13.0. The van der Waals surface area contributed by atoms with Crippen molar-refractivity contribution in [3.05, 3.63) is 66.7 Å². The second-order valence-corrected chi connectivity index (χ2v) is 3.94. The molecule has 0 aliphatic heterocycles. The van der Waals surface area contributed by atoms with Crippen LogP contribution in [0.4, 0.5) is 0 Å². The summed E-state index contributed by atoms with van der Waals surface area (Å²) in [5, 5.41) is 0. The molecular weight excluding hydrogens is 224 g/mol. The van der Waals surface area contributed by atoms with E-state index in [-0.39, 0.29) is 0 Å². The molecule has 0 aliphatic carbocycles. The molecule has 18 heavy (non-hydrogen) atoms. The van der Waals surface area contributed by atoms with Crippen molar-refractivity contribution in [2.45, 2.75) is 6.92 Å². The van der Waals surface area contributed by atoms with E-state index in [4.69, 9.17) is 4.74 Å². The monoisotopic (exact) mass is 238 g/mol. The highest BCUT2D eigenvalue weighted by Gasteiger charge is 2.11. The van der Waals surface area contributed by atoms with E-state index in [2.05, 4.69) is 6.58 Å². The lowest BCUT2D eigenvalue weighted by Crippen LogP contribution is -2.04. The fraction of sp³-hybridized carbons (Fsp3) is 0.0625. The Morgan fingerprint density at radius 1 is 1.11 bits per heavy atom. The molecule has 0 bridgehead atoms. The van der Waals surface area contributed by atoms with Crippen LogP contribution in [0, 0.1) is 6.92 Å². The Hall–Kier alpha value is -2.35. The molecule has 2 nitrogen and oxygen atoms in total. The Morgan fingerprint density at radius 2 is 1.83 bits per heavy atom. The van der Waals surface area contributed by atoms with Gasteiger partial charge >= 0.3 is 5.97 Å². The van der Waals surface area contributed by atoms with Crippen molar-refractivity contribution in [2.24, 2.45) is 0 Å². The van der Waals surface area contributed by atoms with Crippen LogP contribution in [0.3, 0.4) is 0 Å². The zero-order valence-electron chi connectivity index (χ0n) is 10.2. The van der Waals surface area contributed by atoms with Gasteiger partial charge in [0, 0.05) is 11.6 Å². The Kier molecular flexibility index (Phi) is 3.58. The summed E-state index contributed by atoms with van der Waals surface area (Å²) in [6.07, 6.45) is 1.16. The first-order valence-corrected chi connectivity index (χ1v) is 5.71. The van der Waals surface area contributed by atoms with Crippen molar-refractivity contribution >= 4 is 5.97 Å². The topological polar surface area (TPSA) is 26.3 Å². The molecule has 90 valence electrons. The lowest BCUT2D eigenvalue weighted by Gasteiger charge is -2.11. The molecule has 0 fully saturated rings. The summed E-state index contributed by atoms with van der Waals surface area (Å²) >= 11 is 0. The average molecular weight is 238 g/mol. The molecule has 2 aromatic carbocycles. The highest BCUT2D eigenvalue weighted by molar-refractivity contribution is 5.86. The fourth-order valence-corrected chi connectivity index (χ4v) is 1.85. The van der Waals surface area contributed by atoms with E-state index in [0.717, 1.165) is 22.8 Å². The largest absolute Gasteiger partial charge is 0.423 e. The SMILES string of the molecule is C=CC(=O)Oc1cccc(C)c1-c1ccccc1. The zero-order valence-corrected chi connectivity index (χ0v) is 10.2. The van der Waals surface area contributed by atoms with Crippen LogP contribution < -0.4 is 4.74 Å². The van der Waals surface area contributed by atoms with Crippen molar-refractivity contribution in [2.75, 3.05) is 0 Å². The first-order chi connectivity index (χ1) is 8.72. The number of hydrogen-bond acceptors (Lipinski definition) is 2. The van der Waals surface area contributed by atoms with Crippen molar-refractivity contribution in [1.82, 2.24) is 0 Å². The van der Waals surface area contributed by atoms with Gasteiger partial charge in [-0.05, 0) is 24.1 Å². The van der Waals surface area contributed by atoms with Gasteiger partial charge in [0.2, 0.25) is 0 Å². The summed E-state index contributed by atoms with van der Waals surface area (Å²) in [6.45, 7) is 5.40. The molecule has 2 rings (SSSR count). The van der Waals surface area contributed by atoms with Crippen LogP contribution in [0.2, 0.25) is 0 Å². The van der Waals surface area contributed by atoms with Gasteiger partial charge in [-0.2, -0.15) is 0 Å².